The number of rotatable bonds is 3. The molecule has 190 valence electrons. The van der Waals surface area contributed by atoms with E-state index in [4.69, 9.17) is 23.2 Å². The lowest BCUT2D eigenvalue weighted by Gasteiger charge is -2.49. The number of para-hydroxylation sites is 1. The van der Waals surface area contributed by atoms with Crippen LogP contribution in [0.25, 0.3) is 5.69 Å². The van der Waals surface area contributed by atoms with Crippen LogP contribution in [0.3, 0.4) is 0 Å². The highest BCUT2D eigenvalue weighted by molar-refractivity contribution is 9.09. The first-order valence-electron chi connectivity index (χ1n) is 11.4. The van der Waals surface area contributed by atoms with Gasteiger partial charge < -0.3 is 5.11 Å². The quantitative estimate of drug-likeness (QED) is 0.214. The maximum Gasteiger partial charge on any atom is 0.352 e. The summed E-state index contributed by atoms with van der Waals surface area (Å²) in [5.41, 5.74) is 0.180. The summed E-state index contributed by atoms with van der Waals surface area (Å²) in [5.74, 6) is -2.38. The van der Waals surface area contributed by atoms with E-state index in [0.29, 0.717) is 16.8 Å². The first-order valence-corrected chi connectivity index (χ1v) is 13.3. The SMILES string of the molecule is O=C1N(CBr)C(=O)C2(Cl)C(c3cccc(O)c3)C3=CCn4c(=O)n(-c5ccccc5)c(=O)n4C3CC12Cl. The maximum atomic E-state index is 13.7. The predicted molar refractivity (Wildman–Crippen MR) is 140 cm³/mol. The summed E-state index contributed by atoms with van der Waals surface area (Å²) < 4.78 is 3.67. The number of imide groups is 1. The molecule has 6 rings (SSSR count). The number of phenols is 1. The third kappa shape index (κ3) is 3.03. The first kappa shape index (κ1) is 24.3. The Morgan fingerprint density at radius 2 is 1.70 bits per heavy atom. The molecule has 0 radical (unpaired) electrons. The van der Waals surface area contributed by atoms with Gasteiger partial charge in [-0.25, -0.2) is 23.5 Å². The zero-order valence-electron chi connectivity index (χ0n) is 19.1. The molecule has 3 aromatic rings. The fourth-order valence-corrected chi connectivity index (χ4v) is 7.30. The van der Waals surface area contributed by atoms with Crippen molar-refractivity contribution >= 4 is 50.9 Å². The summed E-state index contributed by atoms with van der Waals surface area (Å²) in [6.45, 7) is 0.0433. The van der Waals surface area contributed by atoms with Gasteiger partial charge in [-0.1, -0.05) is 52.3 Å². The van der Waals surface area contributed by atoms with Crippen LogP contribution >= 0.6 is 39.1 Å². The zero-order valence-corrected chi connectivity index (χ0v) is 22.2. The van der Waals surface area contributed by atoms with E-state index in [0.717, 1.165) is 9.47 Å². The summed E-state index contributed by atoms with van der Waals surface area (Å²) in [6, 6.07) is 13.9. The minimum atomic E-state index is -1.93. The monoisotopic (exact) mass is 604 g/mol. The molecule has 12 heteroatoms. The van der Waals surface area contributed by atoms with Crippen LogP contribution in [-0.2, 0) is 16.1 Å². The van der Waals surface area contributed by atoms with Crippen LogP contribution in [0.2, 0.25) is 0 Å². The number of aromatic nitrogens is 3. The van der Waals surface area contributed by atoms with Crippen molar-refractivity contribution < 1.29 is 14.7 Å². The highest BCUT2D eigenvalue weighted by Crippen LogP contribution is 2.63. The third-order valence-electron chi connectivity index (χ3n) is 7.50. The molecule has 2 fully saturated rings. The number of allylic oxidation sites excluding steroid dienone is 2. The van der Waals surface area contributed by atoms with Gasteiger partial charge in [0.1, 0.15) is 5.75 Å². The number of aromatic hydroxyl groups is 1. The number of amides is 2. The van der Waals surface area contributed by atoms with Gasteiger partial charge in [-0.3, -0.25) is 14.5 Å². The predicted octanol–water partition coefficient (Wildman–Crippen LogP) is 2.85. The van der Waals surface area contributed by atoms with E-state index in [1.54, 1.807) is 48.5 Å². The van der Waals surface area contributed by atoms with E-state index in [1.165, 1.54) is 21.5 Å². The zero-order chi connectivity index (χ0) is 26.3. The second-order valence-electron chi connectivity index (χ2n) is 9.29. The van der Waals surface area contributed by atoms with Crippen molar-refractivity contribution in [3.05, 3.63) is 92.8 Å². The maximum absolute atomic E-state index is 13.7. The van der Waals surface area contributed by atoms with Crippen molar-refractivity contribution in [2.45, 2.75) is 34.7 Å². The Kier molecular flexibility index (Phi) is 5.38. The van der Waals surface area contributed by atoms with E-state index in [-0.39, 0.29) is 24.2 Å². The van der Waals surface area contributed by atoms with Crippen LogP contribution in [0, 0.1) is 0 Å². The Balaban J connectivity index is 1.62. The number of likely N-dealkylation sites (tertiary alicyclic amines) is 1. The average Bonchev–Trinajstić information content (AvgIpc) is 3.22. The van der Waals surface area contributed by atoms with Crippen LogP contribution in [0.15, 0.2) is 75.8 Å². The Morgan fingerprint density at radius 1 is 0.973 bits per heavy atom. The second kappa shape index (κ2) is 8.21. The molecule has 3 heterocycles. The lowest BCUT2D eigenvalue weighted by molar-refractivity contribution is -0.138. The first-order chi connectivity index (χ1) is 17.6. The molecule has 2 amide bonds. The second-order valence-corrected chi connectivity index (χ2v) is 11.0. The number of carbonyl (C=O) groups excluding carboxylic acids is 2. The summed E-state index contributed by atoms with van der Waals surface area (Å²) in [4.78, 5) is 51.4. The number of halogens is 3. The smallest absolute Gasteiger partial charge is 0.352 e. The van der Waals surface area contributed by atoms with E-state index >= 15 is 0 Å². The van der Waals surface area contributed by atoms with Crippen molar-refractivity contribution in [1.82, 2.24) is 18.8 Å². The topological polar surface area (TPSA) is 107 Å². The lowest BCUT2D eigenvalue weighted by Crippen LogP contribution is -2.59. The highest BCUT2D eigenvalue weighted by Gasteiger charge is 2.75. The molecule has 1 saturated carbocycles. The molecule has 4 unspecified atom stereocenters. The van der Waals surface area contributed by atoms with Gasteiger partial charge in [-0.2, -0.15) is 0 Å². The molecule has 0 bridgehead atoms. The van der Waals surface area contributed by atoms with E-state index < -0.39 is 44.9 Å². The summed E-state index contributed by atoms with van der Waals surface area (Å²) in [7, 11) is 0. The lowest BCUT2D eigenvalue weighted by atomic mass is 9.64. The van der Waals surface area contributed by atoms with Crippen LogP contribution < -0.4 is 11.4 Å². The van der Waals surface area contributed by atoms with Crippen LogP contribution in [0.1, 0.15) is 23.9 Å². The molecule has 2 aromatic carbocycles. The molecule has 4 atom stereocenters. The van der Waals surface area contributed by atoms with Crippen LogP contribution in [-0.4, -0.2) is 51.0 Å². The van der Waals surface area contributed by atoms with Crippen molar-refractivity contribution in [2.24, 2.45) is 0 Å². The van der Waals surface area contributed by atoms with Crippen molar-refractivity contribution in [3.8, 4) is 11.4 Å². The average molecular weight is 606 g/mol. The number of benzene rings is 2. The molecular weight excluding hydrogens is 587 g/mol. The minimum Gasteiger partial charge on any atom is -0.508 e. The van der Waals surface area contributed by atoms with Gasteiger partial charge >= 0.3 is 11.4 Å². The molecule has 1 aliphatic carbocycles. The summed E-state index contributed by atoms with van der Waals surface area (Å²) in [6.07, 6.45) is 1.57. The molecule has 3 aliphatic rings. The van der Waals surface area contributed by atoms with Crippen LogP contribution in [0.5, 0.6) is 5.75 Å². The molecule has 1 N–H and O–H groups in total. The molecular formula is C25H19BrCl2N4O5. The Labute approximate surface area is 228 Å². The number of alkyl halides is 3. The Bertz CT molecular complexity index is 1630. The van der Waals surface area contributed by atoms with E-state index in [9.17, 15) is 24.3 Å². The third-order valence-corrected chi connectivity index (χ3v) is 9.41. The number of carbonyl (C=O) groups is 2. The fourth-order valence-electron chi connectivity index (χ4n) is 5.89. The van der Waals surface area contributed by atoms with Gasteiger partial charge in [0, 0.05) is 12.3 Å². The summed E-state index contributed by atoms with van der Waals surface area (Å²) in [5, 5.41) is 10.2. The normalized spacial score (nSPS) is 28.5. The fraction of sp³-hybridized carbons (Fsp3) is 0.280. The molecule has 1 aromatic heterocycles. The van der Waals surface area contributed by atoms with E-state index in [1.807, 2.05) is 0 Å². The largest absolute Gasteiger partial charge is 0.508 e. The van der Waals surface area contributed by atoms with Crippen LogP contribution in [0.4, 0.5) is 0 Å². The van der Waals surface area contributed by atoms with Gasteiger partial charge in [0.15, 0.2) is 9.75 Å². The number of hydrogen-bond donors (Lipinski definition) is 1. The number of nitrogens with zero attached hydrogens (tertiary/aromatic N) is 4. The molecule has 9 nitrogen and oxygen atoms in total. The summed E-state index contributed by atoms with van der Waals surface area (Å²) >= 11 is 17.4. The highest BCUT2D eigenvalue weighted by atomic mass is 79.9. The van der Waals surface area contributed by atoms with Gasteiger partial charge in [-0.05, 0) is 35.4 Å². The Hall–Kier alpha value is -3.08. The Morgan fingerprint density at radius 3 is 2.38 bits per heavy atom. The minimum absolute atomic E-state index is 0.0433. The van der Waals surface area contributed by atoms with E-state index in [2.05, 4.69) is 15.9 Å². The number of fused-ring (bicyclic) bond motifs is 4. The van der Waals surface area contributed by atoms with Crippen molar-refractivity contribution in [3.63, 3.8) is 0 Å². The van der Waals surface area contributed by atoms with Gasteiger partial charge in [0.2, 0.25) is 0 Å². The molecule has 37 heavy (non-hydrogen) atoms. The van der Waals surface area contributed by atoms with Gasteiger partial charge in [0.05, 0.1) is 23.7 Å². The standard InChI is InChI=1S/C25H19BrCl2N4O5/c26-13-29-20(34)24(27)12-18-17(19(25(24,28)21(29)35)14-5-4-8-16(33)11-14)9-10-30-22(36)31(23(37)32(18)30)15-6-2-1-3-7-15/h1-9,11,18-19,33H,10,12-13H2. The van der Waals surface area contributed by atoms with Gasteiger partial charge in [-0.15, -0.1) is 23.2 Å². The van der Waals surface area contributed by atoms with Crippen molar-refractivity contribution in [2.75, 3.05) is 5.45 Å². The van der Waals surface area contributed by atoms with Gasteiger partial charge in [0.25, 0.3) is 11.8 Å². The van der Waals surface area contributed by atoms with Crippen molar-refractivity contribution in [1.29, 1.82) is 0 Å². The number of phenolic OH excluding ortho intramolecular Hbond substituents is 1. The molecule has 0 spiro atoms. The molecule has 2 aliphatic heterocycles. The molecule has 1 saturated heterocycles. The number of hydrogen-bond acceptors (Lipinski definition) is 5.